The predicted octanol–water partition coefficient (Wildman–Crippen LogP) is 4.43. The van der Waals surface area contributed by atoms with Crippen molar-refractivity contribution in [3.63, 3.8) is 0 Å². The Balaban J connectivity index is 2.13. The monoisotopic (exact) mass is 399 g/mol. The average Bonchev–Trinajstić information content (AvgIpc) is 2.54. The molecule has 1 unspecified atom stereocenters. The van der Waals surface area contributed by atoms with Crippen molar-refractivity contribution in [2.75, 3.05) is 5.32 Å². The molecule has 0 bridgehead atoms. The van der Waals surface area contributed by atoms with Gasteiger partial charge in [-0.05, 0) is 36.2 Å². The SMILES string of the molecule is CC(C)C(NC(=O)c1ccc(Cl)cc1Cl)C(=O)Nc1ccc(Cl)cn1. The van der Waals surface area contributed by atoms with E-state index in [0.717, 1.165) is 0 Å². The van der Waals surface area contributed by atoms with Gasteiger partial charge in [-0.2, -0.15) is 0 Å². The third-order valence-electron chi connectivity index (χ3n) is 3.39. The first kappa shape index (κ1) is 19.5. The van der Waals surface area contributed by atoms with E-state index in [1.165, 1.54) is 18.3 Å². The molecule has 8 heteroatoms. The molecule has 2 rings (SSSR count). The molecule has 0 fully saturated rings. The maximum absolute atomic E-state index is 12.5. The van der Waals surface area contributed by atoms with Crippen molar-refractivity contribution in [1.82, 2.24) is 10.3 Å². The summed E-state index contributed by atoms with van der Waals surface area (Å²) < 4.78 is 0. The summed E-state index contributed by atoms with van der Waals surface area (Å²) in [6, 6.07) is 6.97. The number of aromatic nitrogens is 1. The van der Waals surface area contributed by atoms with E-state index < -0.39 is 11.9 Å². The highest BCUT2D eigenvalue weighted by atomic mass is 35.5. The minimum absolute atomic E-state index is 0.151. The molecule has 0 aliphatic rings. The van der Waals surface area contributed by atoms with Crippen LogP contribution in [-0.2, 0) is 4.79 Å². The molecule has 1 aromatic heterocycles. The van der Waals surface area contributed by atoms with Gasteiger partial charge in [0.2, 0.25) is 5.91 Å². The van der Waals surface area contributed by atoms with Gasteiger partial charge in [0, 0.05) is 11.2 Å². The fraction of sp³-hybridized carbons (Fsp3) is 0.235. The largest absolute Gasteiger partial charge is 0.340 e. The summed E-state index contributed by atoms with van der Waals surface area (Å²) in [6.07, 6.45) is 1.42. The number of anilines is 1. The summed E-state index contributed by atoms with van der Waals surface area (Å²) in [4.78, 5) is 28.9. The van der Waals surface area contributed by atoms with E-state index in [1.54, 1.807) is 18.2 Å². The van der Waals surface area contributed by atoms with E-state index in [0.29, 0.717) is 15.9 Å². The lowest BCUT2D eigenvalue weighted by Gasteiger charge is -2.21. The van der Waals surface area contributed by atoms with Crippen LogP contribution in [-0.4, -0.2) is 22.8 Å². The van der Waals surface area contributed by atoms with Crippen LogP contribution in [0.1, 0.15) is 24.2 Å². The summed E-state index contributed by atoms with van der Waals surface area (Å²) in [5, 5.41) is 6.45. The third kappa shape index (κ3) is 5.33. The Labute approximate surface area is 160 Å². The number of halogens is 3. The second kappa shape index (κ2) is 8.52. The fourth-order valence-corrected chi connectivity index (χ4v) is 2.69. The number of pyridine rings is 1. The highest BCUT2D eigenvalue weighted by Gasteiger charge is 2.25. The van der Waals surface area contributed by atoms with E-state index in [1.807, 2.05) is 13.8 Å². The van der Waals surface area contributed by atoms with Crippen molar-refractivity contribution in [2.24, 2.45) is 5.92 Å². The topological polar surface area (TPSA) is 71.1 Å². The predicted molar refractivity (Wildman–Crippen MR) is 100 cm³/mol. The molecule has 25 heavy (non-hydrogen) atoms. The highest BCUT2D eigenvalue weighted by Crippen LogP contribution is 2.21. The third-order valence-corrected chi connectivity index (χ3v) is 4.16. The maximum Gasteiger partial charge on any atom is 0.253 e. The van der Waals surface area contributed by atoms with Crippen molar-refractivity contribution in [1.29, 1.82) is 0 Å². The van der Waals surface area contributed by atoms with Gasteiger partial charge >= 0.3 is 0 Å². The molecule has 1 atom stereocenters. The first-order valence-electron chi connectivity index (χ1n) is 7.46. The minimum Gasteiger partial charge on any atom is -0.340 e. The molecule has 2 N–H and O–H groups in total. The number of rotatable bonds is 5. The molecular weight excluding hydrogens is 385 g/mol. The number of nitrogens with one attached hydrogen (secondary N) is 2. The van der Waals surface area contributed by atoms with Crippen molar-refractivity contribution in [2.45, 2.75) is 19.9 Å². The minimum atomic E-state index is -0.767. The van der Waals surface area contributed by atoms with Gasteiger partial charge < -0.3 is 10.6 Å². The number of carbonyl (C=O) groups is 2. The molecule has 0 spiro atoms. The number of hydrogen-bond donors (Lipinski definition) is 2. The Morgan fingerprint density at radius 3 is 2.28 bits per heavy atom. The number of carbonyl (C=O) groups excluding carboxylic acids is 2. The van der Waals surface area contributed by atoms with E-state index in [2.05, 4.69) is 15.6 Å². The van der Waals surface area contributed by atoms with Crippen LogP contribution in [0.15, 0.2) is 36.5 Å². The van der Waals surface area contributed by atoms with Crippen LogP contribution in [0, 0.1) is 5.92 Å². The molecule has 0 aliphatic carbocycles. The van der Waals surface area contributed by atoms with Crippen LogP contribution in [0.4, 0.5) is 5.82 Å². The lowest BCUT2D eigenvalue weighted by Crippen LogP contribution is -2.47. The molecule has 0 aliphatic heterocycles. The van der Waals surface area contributed by atoms with Gasteiger partial charge in [0.15, 0.2) is 0 Å². The van der Waals surface area contributed by atoms with Gasteiger partial charge in [-0.1, -0.05) is 48.7 Å². The zero-order valence-electron chi connectivity index (χ0n) is 13.5. The Bertz CT molecular complexity index is 779. The van der Waals surface area contributed by atoms with Crippen molar-refractivity contribution in [3.05, 3.63) is 57.2 Å². The van der Waals surface area contributed by atoms with Gasteiger partial charge in [0.1, 0.15) is 11.9 Å². The number of benzene rings is 1. The Kier molecular flexibility index (Phi) is 6.64. The molecule has 132 valence electrons. The van der Waals surface area contributed by atoms with E-state index >= 15 is 0 Å². The standard InChI is InChI=1S/C17H16Cl3N3O2/c1-9(2)15(17(25)22-14-6-4-11(19)8-21-14)23-16(24)12-5-3-10(18)7-13(12)20/h3-9,15H,1-2H3,(H,23,24)(H,21,22,25). The van der Waals surface area contributed by atoms with Gasteiger partial charge in [0.25, 0.3) is 5.91 Å². The lowest BCUT2D eigenvalue weighted by molar-refractivity contribution is -0.118. The maximum atomic E-state index is 12.5. The summed E-state index contributed by atoms with van der Waals surface area (Å²) in [5.74, 6) is -0.649. The molecule has 1 aromatic carbocycles. The molecule has 1 heterocycles. The summed E-state index contributed by atoms with van der Waals surface area (Å²) in [6.45, 7) is 3.65. The molecular formula is C17H16Cl3N3O2. The second-order valence-electron chi connectivity index (χ2n) is 5.67. The first-order valence-corrected chi connectivity index (χ1v) is 8.59. The van der Waals surface area contributed by atoms with E-state index in [-0.39, 0.29) is 22.4 Å². The quantitative estimate of drug-likeness (QED) is 0.779. The molecule has 0 saturated carbocycles. The summed E-state index contributed by atoms with van der Waals surface area (Å²) in [5.41, 5.74) is 0.245. The van der Waals surface area contributed by atoms with Crippen LogP contribution in [0.25, 0.3) is 0 Å². The first-order chi connectivity index (χ1) is 11.8. The average molecular weight is 401 g/mol. The van der Waals surface area contributed by atoms with Crippen molar-refractivity contribution < 1.29 is 9.59 Å². The van der Waals surface area contributed by atoms with E-state index in [9.17, 15) is 9.59 Å². The molecule has 0 saturated heterocycles. The molecule has 5 nitrogen and oxygen atoms in total. The van der Waals surface area contributed by atoms with Gasteiger partial charge in [-0.3, -0.25) is 9.59 Å². The highest BCUT2D eigenvalue weighted by molar-refractivity contribution is 6.36. The Morgan fingerprint density at radius 1 is 1.04 bits per heavy atom. The number of nitrogens with zero attached hydrogens (tertiary/aromatic N) is 1. The smallest absolute Gasteiger partial charge is 0.253 e. The zero-order valence-corrected chi connectivity index (χ0v) is 15.8. The number of hydrogen-bond acceptors (Lipinski definition) is 3. The van der Waals surface area contributed by atoms with Gasteiger partial charge in [-0.15, -0.1) is 0 Å². The van der Waals surface area contributed by atoms with Crippen molar-refractivity contribution >= 4 is 52.4 Å². The van der Waals surface area contributed by atoms with Crippen LogP contribution in [0.3, 0.4) is 0 Å². The zero-order chi connectivity index (χ0) is 18.6. The Hall–Kier alpha value is -1.82. The molecule has 2 amide bonds. The van der Waals surface area contributed by atoms with E-state index in [4.69, 9.17) is 34.8 Å². The molecule has 2 aromatic rings. The van der Waals surface area contributed by atoms with Crippen LogP contribution in [0.5, 0.6) is 0 Å². The number of amides is 2. The normalized spacial score (nSPS) is 11.9. The fourth-order valence-electron chi connectivity index (χ4n) is 2.08. The van der Waals surface area contributed by atoms with Gasteiger partial charge in [-0.25, -0.2) is 4.98 Å². The molecule has 0 radical (unpaired) electrons. The van der Waals surface area contributed by atoms with Gasteiger partial charge in [0.05, 0.1) is 15.6 Å². The summed E-state index contributed by atoms with van der Waals surface area (Å²) in [7, 11) is 0. The van der Waals surface area contributed by atoms with Crippen molar-refractivity contribution in [3.8, 4) is 0 Å². The second-order valence-corrected chi connectivity index (χ2v) is 6.95. The summed E-state index contributed by atoms with van der Waals surface area (Å²) >= 11 is 17.6. The lowest BCUT2D eigenvalue weighted by atomic mass is 10.0. The van der Waals surface area contributed by atoms with Crippen LogP contribution in [0.2, 0.25) is 15.1 Å². The van der Waals surface area contributed by atoms with Crippen LogP contribution >= 0.6 is 34.8 Å². The Morgan fingerprint density at radius 2 is 1.72 bits per heavy atom. The van der Waals surface area contributed by atoms with Crippen LogP contribution < -0.4 is 10.6 Å².